The number of nitrogens with zero attached hydrogens (tertiary/aromatic N) is 2. The van der Waals surface area contributed by atoms with Crippen molar-refractivity contribution in [3.8, 4) is 0 Å². The topological polar surface area (TPSA) is 6.48 Å². The van der Waals surface area contributed by atoms with Crippen molar-refractivity contribution in [3.63, 3.8) is 0 Å². The number of hydrazine groups is 1. The molecule has 0 aliphatic rings. The zero-order chi connectivity index (χ0) is 13.3. The van der Waals surface area contributed by atoms with Crippen molar-refractivity contribution < 1.29 is 0 Å². The molecule has 0 aliphatic heterocycles. The van der Waals surface area contributed by atoms with E-state index in [0.29, 0.717) is 12.1 Å². The van der Waals surface area contributed by atoms with Crippen LogP contribution in [0, 0.1) is 0 Å². The second-order valence-electron chi connectivity index (χ2n) is 7.22. The molecule has 0 amide bonds. The maximum Gasteiger partial charge on any atom is 0.128 e. The van der Waals surface area contributed by atoms with E-state index >= 15 is 0 Å². The first kappa shape index (κ1) is 16.4. The lowest BCUT2D eigenvalue weighted by atomic mass is 10.3. The smallest absolute Gasteiger partial charge is 0.128 e. The zero-order valence-corrected chi connectivity index (χ0v) is 15.0. The van der Waals surface area contributed by atoms with Gasteiger partial charge in [-0.25, -0.2) is 5.01 Å². The fraction of sp³-hybridized carbons (Fsp3) is 1.00. The predicted molar refractivity (Wildman–Crippen MR) is 80.6 cm³/mol. The second kappa shape index (κ2) is 5.33. The van der Waals surface area contributed by atoms with Crippen LogP contribution in [0.15, 0.2) is 0 Å². The fourth-order valence-electron chi connectivity index (χ4n) is 2.76. The molecule has 0 bridgehead atoms. The maximum atomic E-state index is 2.80. The Hall–Kier alpha value is 0.354. The summed E-state index contributed by atoms with van der Waals surface area (Å²) in [5.41, 5.74) is 0. The first-order valence-electron chi connectivity index (χ1n) is 6.47. The molecule has 0 atom stereocenters. The number of hydrogen-bond donors (Lipinski definition) is 0. The van der Waals surface area contributed by atoms with Crippen LogP contribution < -0.4 is 0 Å². The van der Waals surface area contributed by atoms with Gasteiger partial charge in [0, 0.05) is 12.1 Å². The zero-order valence-electron chi connectivity index (χ0n) is 13.0. The van der Waals surface area contributed by atoms with E-state index in [1.807, 2.05) is 0 Å². The third-order valence-corrected chi connectivity index (χ3v) is 9.59. The Morgan fingerprint density at radius 2 is 0.875 bits per heavy atom. The molecule has 0 unspecified atom stereocenters. The predicted octanol–water partition coefficient (Wildman–Crippen LogP) is 3.99. The molecule has 0 N–H and O–H groups in total. The van der Waals surface area contributed by atoms with Crippen LogP contribution in [-0.2, 0) is 0 Å². The summed E-state index contributed by atoms with van der Waals surface area (Å²) in [6.07, 6.45) is 0. The van der Waals surface area contributed by atoms with Gasteiger partial charge in [0.2, 0.25) is 0 Å². The van der Waals surface area contributed by atoms with E-state index in [-0.39, 0.29) is 0 Å². The lowest BCUT2D eigenvalue weighted by molar-refractivity contribution is 0.0415. The summed E-state index contributed by atoms with van der Waals surface area (Å²) in [6, 6.07) is 1.19. The Balaban J connectivity index is 5.32. The Labute approximate surface area is 105 Å². The van der Waals surface area contributed by atoms with Crippen molar-refractivity contribution in [3.05, 3.63) is 0 Å². The summed E-state index contributed by atoms with van der Waals surface area (Å²) in [7, 11) is -2.58. The van der Waals surface area contributed by atoms with Gasteiger partial charge in [-0.3, -0.25) is 4.34 Å². The number of rotatable bonds is 5. The van der Waals surface area contributed by atoms with Gasteiger partial charge in [0.15, 0.2) is 0 Å². The van der Waals surface area contributed by atoms with E-state index in [0.717, 1.165) is 0 Å². The molecule has 4 heteroatoms. The monoisotopic (exact) mass is 260 g/mol. The molecule has 2 nitrogen and oxygen atoms in total. The molecule has 0 saturated carbocycles. The third-order valence-electron chi connectivity index (χ3n) is 2.56. The Morgan fingerprint density at radius 3 is 0.938 bits per heavy atom. The summed E-state index contributed by atoms with van der Waals surface area (Å²) in [5, 5.41) is 2.62. The van der Waals surface area contributed by atoms with Crippen LogP contribution in [-0.4, -0.2) is 37.9 Å². The molecule has 0 rings (SSSR count). The quantitative estimate of drug-likeness (QED) is 0.545. The average Bonchev–Trinajstić information content (AvgIpc) is 1.93. The number of hydrogen-bond acceptors (Lipinski definition) is 2. The van der Waals surface area contributed by atoms with Gasteiger partial charge in [0.25, 0.3) is 0 Å². The minimum atomic E-state index is -1.29. The van der Waals surface area contributed by atoms with E-state index < -0.39 is 16.5 Å². The Bertz CT molecular complexity index is 192. The standard InChI is InChI=1S/C12H32N2Si2/c1-11(2)13(12(3)4)14(15(5,6)7)16(8,9)10/h11-12H,1-10H3. The van der Waals surface area contributed by atoms with Crippen molar-refractivity contribution in [2.45, 2.75) is 79.1 Å². The van der Waals surface area contributed by atoms with Crippen LogP contribution in [0.25, 0.3) is 0 Å². The van der Waals surface area contributed by atoms with Gasteiger partial charge in [-0.15, -0.1) is 0 Å². The van der Waals surface area contributed by atoms with Gasteiger partial charge < -0.3 is 0 Å². The second-order valence-corrected chi connectivity index (χ2v) is 17.2. The molecule has 0 aromatic rings. The lowest BCUT2D eigenvalue weighted by Gasteiger charge is -2.53. The minimum absolute atomic E-state index is 0.596. The van der Waals surface area contributed by atoms with Crippen LogP contribution >= 0.6 is 0 Å². The highest BCUT2D eigenvalue weighted by Gasteiger charge is 2.40. The highest BCUT2D eigenvalue weighted by Crippen LogP contribution is 2.25. The highest BCUT2D eigenvalue weighted by molar-refractivity contribution is 6.89. The van der Waals surface area contributed by atoms with E-state index in [1.54, 1.807) is 0 Å². The van der Waals surface area contributed by atoms with Gasteiger partial charge in [0.1, 0.15) is 16.5 Å². The largest absolute Gasteiger partial charge is 0.283 e. The molecule has 98 valence electrons. The molecule has 0 aliphatic carbocycles. The van der Waals surface area contributed by atoms with Crippen molar-refractivity contribution in [1.29, 1.82) is 0 Å². The first-order valence-corrected chi connectivity index (χ1v) is 13.4. The average molecular weight is 261 g/mol. The molecule has 16 heavy (non-hydrogen) atoms. The molecule has 0 spiro atoms. The summed E-state index contributed by atoms with van der Waals surface area (Å²) in [6.45, 7) is 24.0. The SMILES string of the molecule is CC(C)N(C(C)C)N([Si](C)(C)C)[Si](C)(C)C. The Kier molecular flexibility index (Phi) is 5.45. The van der Waals surface area contributed by atoms with E-state index in [9.17, 15) is 0 Å². The van der Waals surface area contributed by atoms with Crippen LogP contribution in [0.2, 0.25) is 39.3 Å². The van der Waals surface area contributed by atoms with Gasteiger partial charge in [-0.1, -0.05) is 39.3 Å². The lowest BCUT2D eigenvalue weighted by Crippen LogP contribution is -2.69. The molecule has 0 aromatic carbocycles. The van der Waals surface area contributed by atoms with E-state index in [2.05, 4.69) is 76.3 Å². The summed E-state index contributed by atoms with van der Waals surface area (Å²) in [4.78, 5) is 0. The minimum Gasteiger partial charge on any atom is -0.283 e. The highest BCUT2D eigenvalue weighted by atomic mass is 28.4. The molecule has 0 aromatic heterocycles. The molecule has 0 fully saturated rings. The maximum absolute atomic E-state index is 2.80. The van der Waals surface area contributed by atoms with Crippen LogP contribution in [0.1, 0.15) is 27.7 Å². The fourth-order valence-corrected chi connectivity index (χ4v) is 13.1. The van der Waals surface area contributed by atoms with Gasteiger partial charge in [-0.05, 0) is 27.7 Å². The first-order chi connectivity index (χ1) is 6.89. The third kappa shape index (κ3) is 4.32. The van der Waals surface area contributed by atoms with Crippen LogP contribution in [0.3, 0.4) is 0 Å². The van der Waals surface area contributed by atoms with Gasteiger partial charge in [-0.2, -0.15) is 0 Å². The molecule has 0 heterocycles. The normalized spacial score (nSPS) is 14.6. The molecular formula is C12H32N2Si2. The van der Waals surface area contributed by atoms with E-state index in [4.69, 9.17) is 0 Å². The van der Waals surface area contributed by atoms with E-state index in [1.165, 1.54) is 0 Å². The van der Waals surface area contributed by atoms with Crippen molar-refractivity contribution in [2.24, 2.45) is 0 Å². The summed E-state index contributed by atoms with van der Waals surface area (Å²) < 4.78 is 2.80. The van der Waals surface area contributed by atoms with Crippen LogP contribution in [0.4, 0.5) is 0 Å². The van der Waals surface area contributed by atoms with Crippen LogP contribution in [0.5, 0.6) is 0 Å². The van der Waals surface area contributed by atoms with Gasteiger partial charge >= 0.3 is 0 Å². The summed E-state index contributed by atoms with van der Waals surface area (Å²) >= 11 is 0. The van der Waals surface area contributed by atoms with Crippen molar-refractivity contribution >= 4 is 16.5 Å². The van der Waals surface area contributed by atoms with Crippen molar-refractivity contribution in [1.82, 2.24) is 9.35 Å². The van der Waals surface area contributed by atoms with Gasteiger partial charge in [0.05, 0.1) is 0 Å². The Morgan fingerprint density at radius 1 is 0.625 bits per heavy atom. The molecule has 0 radical (unpaired) electrons. The molecule has 0 saturated heterocycles. The molecular weight excluding hydrogens is 228 g/mol. The summed E-state index contributed by atoms with van der Waals surface area (Å²) in [5.74, 6) is 0. The van der Waals surface area contributed by atoms with Crippen molar-refractivity contribution in [2.75, 3.05) is 0 Å².